The van der Waals surface area contributed by atoms with Crippen LogP contribution in [0.2, 0.25) is 0 Å². The van der Waals surface area contributed by atoms with Crippen molar-refractivity contribution in [3.63, 3.8) is 0 Å². The second kappa shape index (κ2) is 2.94. The fourth-order valence-electron chi connectivity index (χ4n) is 1.45. The van der Waals surface area contributed by atoms with E-state index in [4.69, 9.17) is 10.3 Å². The van der Waals surface area contributed by atoms with Crippen LogP contribution in [0.4, 0.5) is 5.82 Å². The highest BCUT2D eigenvalue weighted by Crippen LogP contribution is 2.28. The summed E-state index contributed by atoms with van der Waals surface area (Å²) < 4.78 is 5.14. The van der Waals surface area contributed by atoms with Gasteiger partial charge in [-0.25, -0.2) is 0 Å². The van der Waals surface area contributed by atoms with Crippen LogP contribution >= 0.6 is 0 Å². The van der Waals surface area contributed by atoms with Gasteiger partial charge in [0.25, 0.3) is 0 Å². The highest BCUT2D eigenvalue weighted by molar-refractivity contribution is 5.88. The van der Waals surface area contributed by atoms with Crippen LogP contribution in [-0.2, 0) is 0 Å². The van der Waals surface area contributed by atoms with Gasteiger partial charge in [-0.2, -0.15) is 5.10 Å². The van der Waals surface area contributed by atoms with Crippen LogP contribution in [0.1, 0.15) is 31.2 Å². The molecular weight excluding hydrogens is 180 g/mol. The summed E-state index contributed by atoms with van der Waals surface area (Å²) in [5, 5.41) is 12.6. The summed E-state index contributed by atoms with van der Waals surface area (Å²) in [7, 11) is 0. The van der Waals surface area contributed by atoms with E-state index < -0.39 is 0 Å². The van der Waals surface area contributed by atoms with E-state index in [0.717, 1.165) is 16.8 Å². The van der Waals surface area contributed by atoms with Gasteiger partial charge in [-0.15, -0.1) is 5.10 Å². The predicted molar refractivity (Wildman–Crippen MR) is 52.8 cm³/mol. The molecule has 0 amide bonds. The third-order valence-electron chi connectivity index (χ3n) is 2.17. The standard InChI is InChI=1S/C9H12N4O/c1-4(2)7-6-5(3)11-12-9(10)8(6)14-13-7/h4H,1-3H3,(H2,10,12). The van der Waals surface area contributed by atoms with E-state index in [-0.39, 0.29) is 0 Å². The number of rotatable bonds is 1. The zero-order valence-electron chi connectivity index (χ0n) is 8.40. The number of aromatic nitrogens is 3. The summed E-state index contributed by atoms with van der Waals surface area (Å²) in [6.07, 6.45) is 0. The Morgan fingerprint density at radius 1 is 1.29 bits per heavy atom. The van der Waals surface area contributed by atoms with Gasteiger partial charge in [0.15, 0.2) is 5.82 Å². The molecule has 5 heteroatoms. The second-order valence-corrected chi connectivity index (χ2v) is 3.60. The first-order chi connectivity index (χ1) is 6.61. The molecule has 0 bridgehead atoms. The number of nitrogens with zero attached hydrogens (tertiary/aromatic N) is 3. The third-order valence-corrected chi connectivity index (χ3v) is 2.17. The van der Waals surface area contributed by atoms with E-state index in [1.165, 1.54) is 0 Å². The van der Waals surface area contributed by atoms with Crippen LogP contribution in [0.3, 0.4) is 0 Å². The summed E-state index contributed by atoms with van der Waals surface area (Å²) in [6, 6.07) is 0. The van der Waals surface area contributed by atoms with Crippen LogP contribution in [0.15, 0.2) is 4.52 Å². The van der Waals surface area contributed by atoms with Crippen LogP contribution in [0.5, 0.6) is 0 Å². The molecule has 0 aliphatic rings. The smallest absolute Gasteiger partial charge is 0.212 e. The predicted octanol–water partition coefficient (Wildman–Crippen LogP) is 1.63. The SMILES string of the molecule is Cc1nnc(N)c2onc(C(C)C)c12. The van der Waals surface area contributed by atoms with Crippen molar-refractivity contribution in [1.29, 1.82) is 0 Å². The minimum Gasteiger partial charge on any atom is -0.379 e. The molecule has 2 aromatic rings. The normalized spacial score (nSPS) is 11.4. The Morgan fingerprint density at radius 2 is 2.00 bits per heavy atom. The zero-order chi connectivity index (χ0) is 10.3. The van der Waals surface area contributed by atoms with Crippen molar-refractivity contribution < 1.29 is 4.52 Å². The van der Waals surface area contributed by atoms with E-state index in [1.807, 2.05) is 20.8 Å². The van der Waals surface area contributed by atoms with E-state index in [0.29, 0.717) is 17.3 Å². The van der Waals surface area contributed by atoms with Crippen LogP contribution in [-0.4, -0.2) is 15.4 Å². The Labute approximate surface area is 81.3 Å². The van der Waals surface area contributed by atoms with E-state index in [2.05, 4.69) is 15.4 Å². The number of nitrogens with two attached hydrogens (primary N) is 1. The van der Waals surface area contributed by atoms with Crippen molar-refractivity contribution in [3.05, 3.63) is 11.4 Å². The first-order valence-electron chi connectivity index (χ1n) is 4.49. The summed E-state index contributed by atoms with van der Waals surface area (Å²) in [4.78, 5) is 0. The second-order valence-electron chi connectivity index (χ2n) is 3.60. The maximum absolute atomic E-state index is 5.63. The molecule has 0 aliphatic heterocycles. The van der Waals surface area contributed by atoms with Gasteiger partial charge in [-0.3, -0.25) is 0 Å². The van der Waals surface area contributed by atoms with Gasteiger partial charge in [-0.05, 0) is 12.8 Å². The van der Waals surface area contributed by atoms with Gasteiger partial charge in [0, 0.05) is 0 Å². The lowest BCUT2D eigenvalue weighted by Crippen LogP contribution is -1.97. The van der Waals surface area contributed by atoms with E-state index >= 15 is 0 Å². The van der Waals surface area contributed by atoms with E-state index in [9.17, 15) is 0 Å². The molecule has 74 valence electrons. The van der Waals surface area contributed by atoms with Crippen molar-refractivity contribution in [2.75, 3.05) is 5.73 Å². The van der Waals surface area contributed by atoms with Gasteiger partial charge in [0.1, 0.15) is 0 Å². The van der Waals surface area contributed by atoms with Crippen LogP contribution in [0.25, 0.3) is 11.0 Å². The van der Waals surface area contributed by atoms with Crippen molar-refractivity contribution in [2.24, 2.45) is 0 Å². The molecule has 0 fully saturated rings. The maximum atomic E-state index is 5.63. The number of aryl methyl sites for hydroxylation is 1. The third kappa shape index (κ3) is 1.13. The van der Waals surface area contributed by atoms with Gasteiger partial charge in [-0.1, -0.05) is 19.0 Å². The Bertz CT molecular complexity index is 475. The Kier molecular flexibility index (Phi) is 1.87. The van der Waals surface area contributed by atoms with Crippen molar-refractivity contribution >= 4 is 16.8 Å². The lowest BCUT2D eigenvalue weighted by molar-refractivity contribution is 0.441. The van der Waals surface area contributed by atoms with E-state index in [1.54, 1.807) is 0 Å². The largest absolute Gasteiger partial charge is 0.379 e. The average molecular weight is 192 g/mol. The quantitative estimate of drug-likeness (QED) is 0.743. The molecule has 5 nitrogen and oxygen atoms in total. The molecule has 2 heterocycles. The topological polar surface area (TPSA) is 77.8 Å². The first kappa shape index (κ1) is 8.93. The monoisotopic (exact) mass is 192 g/mol. The molecule has 0 spiro atoms. The highest BCUT2D eigenvalue weighted by Gasteiger charge is 2.17. The fraction of sp³-hybridized carbons (Fsp3) is 0.444. The van der Waals surface area contributed by atoms with Crippen molar-refractivity contribution in [1.82, 2.24) is 15.4 Å². The molecule has 2 rings (SSSR count). The summed E-state index contributed by atoms with van der Waals surface area (Å²) in [6.45, 7) is 5.97. The molecule has 0 unspecified atom stereocenters. The molecule has 2 N–H and O–H groups in total. The lowest BCUT2D eigenvalue weighted by atomic mass is 10.1. The molecule has 0 radical (unpaired) electrons. The zero-order valence-corrected chi connectivity index (χ0v) is 8.40. The average Bonchev–Trinajstić information content (AvgIpc) is 2.56. The van der Waals surface area contributed by atoms with Crippen molar-refractivity contribution in [3.8, 4) is 0 Å². The van der Waals surface area contributed by atoms with Crippen molar-refractivity contribution in [2.45, 2.75) is 26.7 Å². The number of hydrogen-bond acceptors (Lipinski definition) is 5. The Morgan fingerprint density at radius 3 is 2.64 bits per heavy atom. The lowest BCUT2D eigenvalue weighted by Gasteiger charge is -2.00. The minimum absolute atomic E-state index is 0.290. The van der Waals surface area contributed by atoms with Crippen LogP contribution < -0.4 is 5.73 Å². The van der Waals surface area contributed by atoms with Gasteiger partial charge >= 0.3 is 0 Å². The summed E-state index contributed by atoms with van der Waals surface area (Å²) in [5.74, 6) is 0.587. The molecule has 0 aromatic carbocycles. The molecule has 0 saturated carbocycles. The van der Waals surface area contributed by atoms with Gasteiger partial charge in [0.2, 0.25) is 5.58 Å². The maximum Gasteiger partial charge on any atom is 0.212 e. The Hall–Kier alpha value is -1.65. The molecular formula is C9H12N4O. The molecule has 2 aromatic heterocycles. The number of fused-ring (bicyclic) bond motifs is 1. The van der Waals surface area contributed by atoms with Gasteiger partial charge < -0.3 is 10.3 Å². The summed E-state index contributed by atoms with van der Waals surface area (Å²) in [5.41, 5.74) is 7.87. The number of nitrogen functional groups attached to an aromatic ring is 1. The number of anilines is 1. The van der Waals surface area contributed by atoms with Gasteiger partial charge in [0.05, 0.1) is 16.8 Å². The molecule has 0 saturated heterocycles. The molecule has 14 heavy (non-hydrogen) atoms. The van der Waals surface area contributed by atoms with Crippen LogP contribution in [0, 0.1) is 6.92 Å². The molecule has 0 atom stereocenters. The molecule has 0 aliphatic carbocycles. The number of hydrogen-bond donors (Lipinski definition) is 1. The Balaban J connectivity index is 2.84. The minimum atomic E-state index is 0.290. The fourth-order valence-corrected chi connectivity index (χ4v) is 1.45. The summed E-state index contributed by atoms with van der Waals surface area (Å²) >= 11 is 0. The highest BCUT2D eigenvalue weighted by atomic mass is 16.5. The first-order valence-corrected chi connectivity index (χ1v) is 4.49.